The zero-order chi connectivity index (χ0) is 13.7. The van der Waals surface area contributed by atoms with Gasteiger partial charge in [0.15, 0.2) is 0 Å². The van der Waals surface area contributed by atoms with Crippen molar-refractivity contribution in [2.45, 2.75) is 11.8 Å². The molecule has 4 nitrogen and oxygen atoms in total. The van der Waals surface area contributed by atoms with Gasteiger partial charge in [-0.05, 0) is 17.9 Å². The van der Waals surface area contributed by atoms with E-state index in [9.17, 15) is 9.59 Å². The number of para-hydroxylation sites is 1. The fourth-order valence-corrected chi connectivity index (χ4v) is 2.43. The highest BCUT2D eigenvalue weighted by molar-refractivity contribution is 7.99. The average molecular weight is 274 g/mol. The maximum absolute atomic E-state index is 12.2. The van der Waals surface area contributed by atoms with Crippen LogP contribution in [0.4, 0.5) is 5.69 Å². The molecule has 0 saturated carbocycles. The predicted octanol–water partition coefficient (Wildman–Crippen LogP) is 2.74. The van der Waals surface area contributed by atoms with Crippen LogP contribution >= 0.6 is 11.8 Å². The number of carbonyl (C=O) groups excluding carboxylic acids is 1. The Morgan fingerprint density at radius 3 is 2.74 bits per heavy atom. The first kappa shape index (κ1) is 13.4. The summed E-state index contributed by atoms with van der Waals surface area (Å²) < 4.78 is 0. The Labute approximate surface area is 115 Å². The average Bonchev–Trinajstić information content (AvgIpc) is 2.40. The highest BCUT2D eigenvalue weighted by Crippen LogP contribution is 2.21. The van der Waals surface area contributed by atoms with Gasteiger partial charge in [0.25, 0.3) is 5.91 Å². The fourth-order valence-electron chi connectivity index (χ4n) is 1.63. The lowest BCUT2D eigenvalue weighted by atomic mass is 10.2. The third-order valence-electron chi connectivity index (χ3n) is 2.46. The number of benzene rings is 1. The zero-order valence-corrected chi connectivity index (χ0v) is 11.3. The second kappa shape index (κ2) is 6.24. The summed E-state index contributed by atoms with van der Waals surface area (Å²) in [6.07, 6.45) is 1.46. The zero-order valence-electron chi connectivity index (χ0n) is 10.5. The number of H-pyrrole nitrogens is 1. The van der Waals surface area contributed by atoms with E-state index in [1.807, 2.05) is 37.3 Å². The highest BCUT2D eigenvalue weighted by Gasteiger charge is 2.12. The third-order valence-corrected chi connectivity index (χ3v) is 3.40. The molecule has 0 unspecified atom stereocenters. The van der Waals surface area contributed by atoms with Crippen molar-refractivity contribution in [3.05, 3.63) is 58.5 Å². The summed E-state index contributed by atoms with van der Waals surface area (Å²) in [6.45, 7) is 1.98. The Balaban J connectivity index is 2.26. The van der Waals surface area contributed by atoms with Crippen LogP contribution in [0.2, 0.25) is 0 Å². The van der Waals surface area contributed by atoms with Crippen LogP contribution in [0.5, 0.6) is 0 Å². The van der Waals surface area contributed by atoms with Gasteiger partial charge in [0, 0.05) is 22.8 Å². The molecule has 0 bridgehead atoms. The maximum Gasteiger partial charge on any atom is 0.258 e. The first-order valence-corrected chi connectivity index (χ1v) is 6.91. The Morgan fingerprint density at radius 2 is 2.05 bits per heavy atom. The van der Waals surface area contributed by atoms with Crippen LogP contribution in [0.1, 0.15) is 17.3 Å². The fraction of sp³-hybridized carbons (Fsp3) is 0.143. The molecule has 1 heterocycles. The minimum atomic E-state index is -0.224. The lowest BCUT2D eigenvalue weighted by Gasteiger charge is -2.08. The van der Waals surface area contributed by atoms with Gasteiger partial charge in [-0.1, -0.05) is 25.1 Å². The molecule has 0 fully saturated rings. The number of anilines is 1. The number of aromatic nitrogens is 1. The van der Waals surface area contributed by atoms with Gasteiger partial charge in [0.2, 0.25) is 5.56 Å². The molecule has 98 valence electrons. The second-order valence-electron chi connectivity index (χ2n) is 3.83. The summed E-state index contributed by atoms with van der Waals surface area (Å²) in [6, 6.07) is 10.7. The molecule has 0 saturated heterocycles. The number of aromatic amines is 1. The van der Waals surface area contributed by atoms with Crippen molar-refractivity contribution in [1.82, 2.24) is 4.98 Å². The van der Waals surface area contributed by atoms with E-state index in [0.29, 0.717) is 10.5 Å². The van der Waals surface area contributed by atoms with E-state index in [-0.39, 0.29) is 11.5 Å². The number of hydrogen-bond donors (Lipinski definition) is 2. The van der Waals surface area contributed by atoms with Crippen molar-refractivity contribution in [3.63, 3.8) is 0 Å². The number of carbonyl (C=O) groups is 1. The van der Waals surface area contributed by atoms with Crippen LogP contribution in [0.15, 0.2) is 52.3 Å². The quantitative estimate of drug-likeness (QED) is 0.843. The largest absolute Gasteiger partial charge is 0.328 e. The van der Waals surface area contributed by atoms with Gasteiger partial charge in [-0.25, -0.2) is 0 Å². The van der Waals surface area contributed by atoms with E-state index in [1.54, 1.807) is 0 Å². The molecule has 1 aromatic heterocycles. The number of hydrogen-bond acceptors (Lipinski definition) is 3. The Morgan fingerprint density at radius 1 is 1.32 bits per heavy atom. The molecule has 2 rings (SSSR count). The van der Waals surface area contributed by atoms with Crippen molar-refractivity contribution < 1.29 is 4.79 Å². The summed E-state index contributed by atoms with van der Waals surface area (Å²) in [5, 5.41) is 2.80. The van der Waals surface area contributed by atoms with E-state index in [0.717, 1.165) is 11.4 Å². The van der Waals surface area contributed by atoms with Crippen molar-refractivity contribution in [1.29, 1.82) is 0 Å². The van der Waals surface area contributed by atoms with Gasteiger partial charge in [-0.2, -0.15) is 0 Å². The van der Waals surface area contributed by atoms with Crippen LogP contribution in [0.3, 0.4) is 0 Å². The summed E-state index contributed by atoms with van der Waals surface area (Å²) in [5.41, 5.74) is 1.01. The topological polar surface area (TPSA) is 62.0 Å². The molecule has 0 radical (unpaired) electrons. The van der Waals surface area contributed by atoms with Gasteiger partial charge in [0.05, 0.1) is 5.56 Å². The molecular weight excluding hydrogens is 260 g/mol. The number of amides is 1. The van der Waals surface area contributed by atoms with E-state index in [1.165, 1.54) is 24.0 Å². The summed E-state index contributed by atoms with van der Waals surface area (Å²) >= 11 is 1.47. The molecule has 5 heteroatoms. The molecule has 2 N–H and O–H groups in total. The molecule has 0 aliphatic rings. The van der Waals surface area contributed by atoms with Crippen molar-refractivity contribution in [2.24, 2.45) is 0 Å². The van der Waals surface area contributed by atoms with E-state index in [2.05, 4.69) is 10.3 Å². The molecule has 0 spiro atoms. The normalized spacial score (nSPS) is 10.2. The van der Waals surface area contributed by atoms with Gasteiger partial charge in [-0.15, -0.1) is 11.8 Å². The lowest BCUT2D eigenvalue weighted by Crippen LogP contribution is -2.16. The Hall–Kier alpha value is -2.01. The molecule has 19 heavy (non-hydrogen) atoms. The monoisotopic (exact) mass is 274 g/mol. The third kappa shape index (κ3) is 3.48. The molecule has 1 aromatic carbocycles. The number of nitrogens with one attached hydrogen (secondary N) is 2. The van der Waals surface area contributed by atoms with Crippen LogP contribution in [-0.4, -0.2) is 16.6 Å². The molecule has 1 amide bonds. The summed E-state index contributed by atoms with van der Waals surface area (Å²) in [5.74, 6) is 0.577. The lowest BCUT2D eigenvalue weighted by molar-refractivity contribution is 0.102. The van der Waals surface area contributed by atoms with E-state index < -0.39 is 0 Å². The van der Waals surface area contributed by atoms with Crippen molar-refractivity contribution in [2.75, 3.05) is 11.1 Å². The second-order valence-corrected chi connectivity index (χ2v) is 5.13. The van der Waals surface area contributed by atoms with Crippen molar-refractivity contribution in [3.8, 4) is 0 Å². The minimum Gasteiger partial charge on any atom is -0.328 e. The molecular formula is C14H14N2O2S. The highest BCUT2D eigenvalue weighted by atomic mass is 32.2. The smallest absolute Gasteiger partial charge is 0.258 e. The Bertz CT molecular complexity index is 623. The SMILES string of the molecule is CCSc1cc(=O)[nH]cc1C(=O)Nc1ccccc1. The number of rotatable bonds is 4. The van der Waals surface area contributed by atoms with Gasteiger partial charge >= 0.3 is 0 Å². The van der Waals surface area contributed by atoms with Crippen LogP contribution < -0.4 is 10.9 Å². The van der Waals surface area contributed by atoms with Crippen LogP contribution in [0, 0.1) is 0 Å². The maximum atomic E-state index is 12.2. The van der Waals surface area contributed by atoms with Crippen LogP contribution in [-0.2, 0) is 0 Å². The summed E-state index contributed by atoms with van der Waals surface area (Å²) in [7, 11) is 0. The van der Waals surface area contributed by atoms with Crippen LogP contribution in [0.25, 0.3) is 0 Å². The minimum absolute atomic E-state index is 0.202. The number of pyridine rings is 1. The van der Waals surface area contributed by atoms with E-state index in [4.69, 9.17) is 0 Å². The predicted molar refractivity (Wildman–Crippen MR) is 77.9 cm³/mol. The Kier molecular flexibility index (Phi) is 4.41. The van der Waals surface area contributed by atoms with Gasteiger partial charge < -0.3 is 10.3 Å². The summed E-state index contributed by atoms with van der Waals surface area (Å²) in [4.78, 5) is 26.7. The molecule has 0 atom stereocenters. The number of thioether (sulfide) groups is 1. The first-order valence-electron chi connectivity index (χ1n) is 5.92. The van der Waals surface area contributed by atoms with Gasteiger partial charge in [-0.3, -0.25) is 9.59 Å². The molecule has 2 aromatic rings. The van der Waals surface area contributed by atoms with Crippen molar-refractivity contribution >= 4 is 23.4 Å². The molecule has 0 aliphatic carbocycles. The van der Waals surface area contributed by atoms with Gasteiger partial charge in [0.1, 0.15) is 0 Å². The first-order chi connectivity index (χ1) is 9.20. The standard InChI is InChI=1S/C14H14N2O2S/c1-2-19-12-8-13(17)15-9-11(12)14(18)16-10-6-4-3-5-7-10/h3-9H,2H2,1H3,(H,15,17)(H,16,18). The van der Waals surface area contributed by atoms with E-state index >= 15 is 0 Å². The molecule has 0 aliphatic heterocycles.